The quantitative estimate of drug-likeness (QED) is 0.613. The van der Waals surface area contributed by atoms with E-state index in [1.165, 1.54) is 0 Å². The summed E-state index contributed by atoms with van der Waals surface area (Å²) in [5.74, 6) is 0. The number of hydrogen-bond acceptors (Lipinski definition) is 2. The monoisotopic (exact) mass is 161 g/mol. The molecule has 1 saturated carbocycles. The van der Waals surface area contributed by atoms with Gasteiger partial charge >= 0.3 is 0 Å². The van der Waals surface area contributed by atoms with E-state index in [2.05, 4.69) is 0 Å². The van der Waals surface area contributed by atoms with Crippen molar-refractivity contribution in [3.8, 4) is 0 Å². The lowest BCUT2D eigenvalue weighted by atomic mass is 9.96. The van der Waals surface area contributed by atoms with E-state index in [9.17, 15) is 4.21 Å². The van der Waals surface area contributed by atoms with Crippen molar-refractivity contribution >= 4 is 10.8 Å². The summed E-state index contributed by atoms with van der Waals surface area (Å²) in [5.41, 5.74) is 5.73. The minimum atomic E-state index is -0.653. The van der Waals surface area contributed by atoms with Crippen molar-refractivity contribution in [1.29, 1.82) is 0 Å². The van der Waals surface area contributed by atoms with Crippen molar-refractivity contribution in [3.63, 3.8) is 0 Å². The zero-order valence-corrected chi connectivity index (χ0v) is 7.19. The molecule has 0 saturated heterocycles. The summed E-state index contributed by atoms with van der Waals surface area (Å²) < 4.78 is 11.0. The molecule has 0 unspecified atom stereocenters. The fraction of sp³-hybridized carbons (Fsp3) is 1.00. The van der Waals surface area contributed by atoms with Crippen LogP contribution in [0.4, 0.5) is 0 Å². The molecule has 1 fully saturated rings. The van der Waals surface area contributed by atoms with E-state index in [4.69, 9.17) is 5.73 Å². The molecule has 0 aromatic carbocycles. The first kappa shape index (κ1) is 8.21. The highest BCUT2D eigenvalue weighted by atomic mass is 32.2. The standard InChI is InChI=1S/C7H15NOS/c1-10(9)7-4-2-3-6(8)5-7/h6-7H,2-5,8H2,1H3/t6-,7+,10+/m1/s1. The Labute approximate surface area is 64.6 Å². The van der Waals surface area contributed by atoms with Crippen LogP contribution in [0.1, 0.15) is 25.7 Å². The van der Waals surface area contributed by atoms with E-state index in [0.29, 0.717) is 11.3 Å². The van der Waals surface area contributed by atoms with Gasteiger partial charge < -0.3 is 5.73 Å². The molecule has 10 heavy (non-hydrogen) atoms. The molecule has 3 heteroatoms. The van der Waals surface area contributed by atoms with Crippen molar-refractivity contribution in [2.75, 3.05) is 6.26 Å². The second-order valence-corrected chi connectivity index (χ2v) is 4.71. The average Bonchev–Trinajstić information content (AvgIpc) is 1.88. The minimum absolute atomic E-state index is 0.308. The lowest BCUT2D eigenvalue weighted by Crippen LogP contribution is -2.32. The van der Waals surface area contributed by atoms with Gasteiger partial charge in [-0.15, -0.1) is 0 Å². The Bertz CT molecular complexity index is 138. The van der Waals surface area contributed by atoms with Crippen LogP contribution in [0.5, 0.6) is 0 Å². The van der Waals surface area contributed by atoms with Crippen LogP contribution in [0.2, 0.25) is 0 Å². The highest BCUT2D eigenvalue weighted by Crippen LogP contribution is 2.20. The van der Waals surface area contributed by atoms with E-state index >= 15 is 0 Å². The second kappa shape index (κ2) is 3.49. The van der Waals surface area contributed by atoms with Gasteiger partial charge in [-0.3, -0.25) is 4.21 Å². The third-order valence-electron chi connectivity index (χ3n) is 2.14. The maximum Gasteiger partial charge on any atom is 0.0359 e. The summed E-state index contributed by atoms with van der Waals surface area (Å²) in [4.78, 5) is 0. The summed E-state index contributed by atoms with van der Waals surface area (Å²) in [6.07, 6.45) is 6.13. The zero-order valence-electron chi connectivity index (χ0n) is 6.38. The number of nitrogens with two attached hydrogens (primary N) is 1. The van der Waals surface area contributed by atoms with Gasteiger partial charge in [0.1, 0.15) is 0 Å². The topological polar surface area (TPSA) is 43.1 Å². The second-order valence-electron chi connectivity index (χ2n) is 3.05. The SMILES string of the molecule is C[S@](=O)[C@H]1CCC[C@@H](N)C1. The van der Waals surface area contributed by atoms with Gasteiger partial charge in [0.05, 0.1) is 0 Å². The lowest BCUT2D eigenvalue weighted by Gasteiger charge is -2.24. The molecule has 0 aromatic heterocycles. The fourth-order valence-electron chi connectivity index (χ4n) is 1.48. The van der Waals surface area contributed by atoms with Gasteiger partial charge in [0, 0.05) is 28.3 Å². The van der Waals surface area contributed by atoms with Crippen molar-refractivity contribution < 1.29 is 4.21 Å². The largest absolute Gasteiger partial charge is 0.328 e. The van der Waals surface area contributed by atoms with Crippen molar-refractivity contribution in [1.82, 2.24) is 0 Å². The van der Waals surface area contributed by atoms with Crippen LogP contribution >= 0.6 is 0 Å². The Morgan fingerprint density at radius 1 is 1.50 bits per heavy atom. The summed E-state index contributed by atoms with van der Waals surface area (Å²) in [6.45, 7) is 0. The summed E-state index contributed by atoms with van der Waals surface area (Å²) in [7, 11) is -0.653. The predicted octanol–water partition coefficient (Wildman–Crippen LogP) is 0.635. The Morgan fingerprint density at radius 3 is 2.60 bits per heavy atom. The van der Waals surface area contributed by atoms with Gasteiger partial charge in [-0.2, -0.15) is 0 Å². The van der Waals surface area contributed by atoms with Crippen molar-refractivity contribution in [2.45, 2.75) is 37.0 Å². The first-order valence-electron chi connectivity index (χ1n) is 3.78. The van der Waals surface area contributed by atoms with Crippen molar-refractivity contribution in [3.05, 3.63) is 0 Å². The lowest BCUT2D eigenvalue weighted by molar-refractivity contribution is 0.445. The molecular weight excluding hydrogens is 146 g/mol. The Balaban J connectivity index is 2.39. The van der Waals surface area contributed by atoms with E-state index in [-0.39, 0.29) is 0 Å². The Kier molecular flexibility index (Phi) is 2.86. The van der Waals surface area contributed by atoms with Crippen LogP contribution < -0.4 is 5.73 Å². The summed E-state index contributed by atoms with van der Waals surface area (Å²) >= 11 is 0. The van der Waals surface area contributed by atoms with Crippen LogP contribution in [0.3, 0.4) is 0 Å². The van der Waals surface area contributed by atoms with E-state index < -0.39 is 10.8 Å². The normalized spacial score (nSPS) is 37.4. The van der Waals surface area contributed by atoms with Crippen LogP contribution in [0, 0.1) is 0 Å². The highest BCUT2D eigenvalue weighted by Gasteiger charge is 2.21. The van der Waals surface area contributed by atoms with Gasteiger partial charge in [0.2, 0.25) is 0 Å². The molecule has 60 valence electrons. The smallest absolute Gasteiger partial charge is 0.0359 e. The van der Waals surface area contributed by atoms with Crippen LogP contribution in [-0.2, 0) is 10.8 Å². The maximum atomic E-state index is 11.0. The third-order valence-corrected chi connectivity index (χ3v) is 3.50. The van der Waals surface area contributed by atoms with E-state index in [0.717, 1.165) is 25.7 Å². The first-order valence-corrected chi connectivity index (χ1v) is 5.40. The third kappa shape index (κ3) is 2.06. The Hall–Kier alpha value is 0.110. The molecule has 0 amide bonds. The summed E-state index contributed by atoms with van der Waals surface area (Å²) in [5, 5.41) is 0.378. The highest BCUT2D eigenvalue weighted by molar-refractivity contribution is 7.84. The van der Waals surface area contributed by atoms with Crippen LogP contribution in [0.25, 0.3) is 0 Å². The van der Waals surface area contributed by atoms with Crippen LogP contribution in [-0.4, -0.2) is 21.8 Å². The average molecular weight is 161 g/mol. The Morgan fingerprint density at radius 2 is 2.20 bits per heavy atom. The van der Waals surface area contributed by atoms with Crippen molar-refractivity contribution in [2.24, 2.45) is 5.73 Å². The molecule has 0 spiro atoms. The molecule has 0 bridgehead atoms. The van der Waals surface area contributed by atoms with Crippen LogP contribution in [0.15, 0.2) is 0 Å². The number of hydrogen-bond donors (Lipinski definition) is 1. The molecule has 0 aromatic rings. The summed E-state index contributed by atoms with van der Waals surface area (Å²) in [6, 6.07) is 0.308. The molecule has 2 nitrogen and oxygen atoms in total. The fourth-order valence-corrected chi connectivity index (χ4v) is 2.50. The van der Waals surface area contributed by atoms with Gasteiger partial charge in [0.15, 0.2) is 0 Å². The van der Waals surface area contributed by atoms with Gasteiger partial charge in [-0.1, -0.05) is 6.42 Å². The predicted molar refractivity (Wildman–Crippen MR) is 44.3 cm³/mol. The molecule has 1 aliphatic carbocycles. The van der Waals surface area contributed by atoms with Gasteiger partial charge in [-0.25, -0.2) is 0 Å². The molecule has 1 rings (SSSR count). The van der Waals surface area contributed by atoms with E-state index in [1.54, 1.807) is 6.26 Å². The molecule has 0 heterocycles. The van der Waals surface area contributed by atoms with Gasteiger partial charge in [-0.05, 0) is 19.3 Å². The molecule has 0 aliphatic heterocycles. The molecule has 2 N–H and O–H groups in total. The first-order chi connectivity index (χ1) is 4.70. The molecule has 1 aliphatic rings. The molecular formula is C7H15NOS. The zero-order chi connectivity index (χ0) is 7.56. The van der Waals surface area contributed by atoms with Gasteiger partial charge in [0.25, 0.3) is 0 Å². The molecule has 3 atom stereocenters. The minimum Gasteiger partial charge on any atom is -0.328 e. The molecule has 0 radical (unpaired) electrons. The van der Waals surface area contributed by atoms with E-state index in [1.807, 2.05) is 0 Å². The maximum absolute atomic E-state index is 11.0. The number of rotatable bonds is 1.